The highest BCUT2D eigenvalue weighted by molar-refractivity contribution is 9.11. The Morgan fingerprint density at radius 2 is 2.08 bits per heavy atom. The maximum Gasteiger partial charge on any atom is 0.150 e. The molecular weight excluding hydrogens is 241 g/mol. The van der Waals surface area contributed by atoms with Crippen LogP contribution in [0.25, 0.3) is 0 Å². The molecule has 0 bridgehead atoms. The molecular formula is C7H11BrClN3. The molecule has 0 spiro atoms. The SMILES string of the molecule is ClC1=C(Br)N(C2CCCC2)NN1. The van der Waals surface area contributed by atoms with E-state index in [2.05, 4.69) is 31.9 Å². The highest BCUT2D eigenvalue weighted by atomic mass is 79.9. The summed E-state index contributed by atoms with van der Waals surface area (Å²) in [6.45, 7) is 0. The predicted octanol–water partition coefficient (Wildman–Crippen LogP) is 2.01. The van der Waals surface area contributed by atoms with Crippen LogP contribution in [0.4, 0.5) is 0 Å². The Hall–Kier alpha value is 0.0700. The van der Waals surface area contributed by atoms with Crippen LogP contribution in [0.15, 0.2) is 9.76 Å². The zero-order chi connectivity index (χ0) is 8.55. The van der Waals surface area contributed by atoms with E-state index >= 15 is 0 Å². The Morgan fingerprint density at radius 1 is 1.42 bits per heavy atom. The van der Waals surface area contributed by atoms with Gasteiger partial charge in [0.05, 0.1) is 0 Å². The first kappa shape index (κ1) is 8.66. The van der Waals surface area contributed by atoms with Crippen LogP contribution in [-0.2, 0) is 0 Å². The molecule has 0 saturated heterocycles. The third-order valence-corrected chi connectivity index (χ3v) is 3.65. The Morgan fingerprint density at radius 3 is 2.58 bits per heavy atom. The van der Waals surface area contributed by atoms with E-state index in [1.165, 1.54) is 25.7 Å². The van der Waals surface area contributed by atoms with Gasteiger partial charge in [-0.25, -0.2) is 0 Å². The molecule has 2 rings (SSSR count). The highest BCUT2D eigenvalue weighted by Crippen LogP contribution is 2.30. The molecule has 2 N–H and O–H groups in total. The van der Waals surface area contributed by atoms with Crippen molar-refractivity contribution in [2.75, 3.05) is 0 Å². The molecule has 1 heterocycles. The van der Waals surface area contributed by atoms with Crippen molar-refractivity contribution in [1.82, 2.24) is 16.0 Å². The minimum atomic E-state index is 0.586. The molecule has 1 saturated carbocycles. The van der Waals surface area contributed by atoms with Gasteiger partial charge >= 0.3 is 0 Å². The van der Waals surface area contributed by atoms with Gasteiger partial charge in [-0.3, -0.25) is 10.4 Å². The van der Waals surface area contributed by atoms with Crippen molar-refractivity contribution in [1.29, 1.82) is 0 Å². The van der Waals surface area contributed by atoms with E-state index in [0.717, 1.165) is 4.61 Å². The molecule has 0 atom stereocenters. The van der Waals surface area contributed by atoms with Gasteiger partial charge in [-0.1, -0.05) is 24.4 Å². The lowest BCUT2D eigenvalue weighted by atomic mass is 10.2. The maximum absolute atomic E-state index is 5.85. The number of nitrogens with one attached hydrogen (secondary N) is 2. The Balaban J connectivity index is 2.05. The van der Waals surface area contributed by atoms with E-state index in [1.807, 2.05) is 0 Å². The van der Waals surface area contributed by atoms with Crippen molar-refractivity contribution in [3.05, 3.63) is 9.76 Å². The van der Waals surface area contributed by atoms with Crippen molar-refractivity contribution in [2.24, 2.45) is 0 Å². The van der Waals surface area contributed by atoms with Gasteiger partial charge in [-0.05, 0) is 28.8 Å². The van der Waals surface area contributed by atoms with Gasteiger partial charge in [-0.2, -0.15) is 0 Å². The van der Waals surface area contributed by atoms with Gasteiger partial charge in [0.2, 0.25) is 0 Å². The van der Waals surface area contributed by atoms with Gasteiger partial charge < -0.3 is 0 Å². The number of rotatable bonds is 1. The van der Waals surface area contributed by atoms with Crippen molar-refractivity contribution >= 4 is 27.5 Å². The summed E-state index contributed by atoms with van der Waals surface area (Å²) in [5, 5.41) is 2.71. The fourth-order valence-electron chi connectivity index (χ4n) is 1.73. The van der Waals surface area contributed by atoms with Gasteiger partial charge in [-0.15, -0.1) is 5.53 Å². The number of halogens is 2. The highest BCUT2D eigenvalue weighted by Gasteiger charge is 2.28. The van der Waals surface area contributed by atoms with E-state index < -0.39 is 0 Å². The second-order valence-corrected chi connectivity index (χ2v) is 4.28. The molecule has 3 nitrogen and oxygen atoms in total. The summed E-state index contributed by atoms with van der Waals surface area (Å²) in [5.41, 5.74) is 5.90. The molecule has 1 aliphatic heterocycles. The Bertz CT molecular complexity index is 213. The van der Waals surface area contributed by atoms with Crippen LogP contribution in [0.5, 0.6) is 0 Å². The van der Waals surface area contributed by atoms with Crippen molar-refractivity contribution in [3.63, 3.8) is 0 Å². The number of nitrogens with zero attached hydrogens (tertiary/aromatic N) is 1. The molecule has 0 unspecified atom stereocenters. The normalized spacial score (nSPS) is 25.3. The van der Waals surface area contributed by atoms with Gasteiger partial charge in [0.15, 0.2) is 0 Å². The molecule has 1 fully saturated rings. The molecule has 0 radical (unpaired) electrons. The molecule has 5 heteroatoms. The molecule has 0 aromatic rings. The van der Waals surface area contributed by atoms with Gasteiger partial charge in [0.1, 0.15) is 9.76 Å². The van der Waals surface area contributed by atoms with E-state index in [-0.39, 0.29) is 0 Å². The van der Waals surface area contributed by atoms with E-state index in [9.17, 15) is 0 Å². The number of hydrogen-bond acceptors (Lipinski definition) is 3. The second kappa shape index (κ2) is 3.44. The predicted molar refractivity (Wildman–Crippen MR) is 52.2 cm³/mol. The number of hydrazine groups is 2. The van der Waals surface area contributed by atoms with Crippen LogP contribution in [0, 0.1) is 0 Å². The summed E-state index contributed by atoms with van der Waals surface area (Å²) in [6.07, 6.45) is 5.13. The Kier molecular flexibility index (Phi) is 2.48. The van der Waals surface area contributed by atoms with E-state index in [4.69, 9.17) is 11.6 Å². The molecule has 2 aliphatic rings. The van der Waals surface area contributed by atoms with Crippen LogP contribution >= 0.6 is 27.5 Å². The molecule has 12 heavy (non-hydrogen) atoms. The fourth-order valence-corrected chi connectivity index (χ4v) is 2.34. The standard InChI is InChI=1S/C7H11BrClN3/c8-6-7(9)10-11-12(6)5-3-1-2-4-5/h5,10-11H,1-4H2. The second-order valence-electron chi connectivity index (χ2n) is 3.15. The first-order valence-electron chi connectivity index (χ1n) is 4.15. The molecule has 0 aromatic heterocycles. The lowest BCUT2D eigenvalue weighted by molar-refractivity contribution is 0.194. The summed E-state index contributed by atoms with van der Waals surface area (Å²) in [4.78, 5) is 0. The quantitative estimate of drug-likeness (QED) is 0.699. The monoisotopic (exact) mass is 251 g/mol. The topological polar surface area (TPSA) is 27.3 Å². The van der Waals surface area contributed by atoms with E-state index in [1.54, 1.807) is 0 Å². The van der Waals surface area contributed by atoms with Crippen LogP contribution in [0.3, 0.4) is 0 Å². The van der Waals surface area contributed by atoms with Crippen LogP contribution < -0.4 is 11.0 Å². The average Bonchev–Trinajstić information content (AvgIpc) is 2.64. The fraction of sp³-hybridized carbons (Fsp3) is 0.714. The Labute approximate surface area is 85.2 Å². The van der Waals surface area contributed by atoms with Crippen LogP contribution in [-0.4, -0.2) is 11.1 Å². The average molecular weight is 253 g/mol. The van der Waals surface area contributed by atoms with E-state index in [0.29, 0.717) is 11.2 Å². The first-order valence-corrected chi connectivity index (χ1v) is 5.32. The molecule has 68 valence electrons. The zero-order valence-corrected chi connectivity index (χ0v) is 8.95. The van der Waals surface area contributed by atoms with Crippen LogP contribution in [0.1, 0.15) is 25.7 Å². The summed E-state index contributed by atoms with van der Waals surface area (Å²) in [7, 11) is 0. The van der Waals surface area contributed by atoms with Gasteiger partial charge in [0.25, 0.3) is 0 Å². The minimum Gasteiger partial charge on any atom is -0.291 e. The summed E-state index contributed by atoms with van der Waals surface area (Å²) < 4.78 is 0.927. The molecule has 1 aliphatic carbocycles. The zero-order valence-electron chi connectivity index (χ0n) is 6.61. The molecule has 0 amide bonds. The first-order chi connectivity index (χ1) is 5.79. The summed E-state index contributed by atoms with van der Waals surface area (Å²) in [5.74, 6) is 0. The lowest BCUT2D eigenvalue weighted by Gasteiger charge is -2.24. The maximum atomic E-state index is 5.85. The smallest absolute Gasteiger partial charge is 0.150 e. The minimum absolute atomic E-state index is 0.586. The number of hydrogen-bond donors (Lipinski definition) is 2. The third kappa shape index (κ3) is 1.43. The van der Waals surface area contributed by atoms with Crippen LogP contribution in [0.2, 0.25) is 0 Å². The van der Waals surface area contributed by atoms with Gasteiger partial charge in [0, 0.05) is 6.04 Å². The summed E-state index contributed by atoms with van der Waals surface area (Å²) >= 11 is 9.28. The van der Waals surface area contributed by atoms with Crippen molar-refractivity contribution in [3.8, 4) is 0 Å². The van der Waals surface area contributed by atoms with Crippen molar-refractivity contribution < 1.29 is 0 Å². The van der Waals surface area contributed by atoms with Crippen molar-refractivity contribution in [2.45, 2.75) is 31.7 Å². The summed E-state index contributed by atoms with van der Waals surface area (Å²) in [6, 6.07) is 0.586. The molecule has 0 aromatic carbocycles. The third-order valence-electron chi connectivity index (χ3n) is 2.37. The largest absolute Gasteiger partial charge is 0.291 e. The lowest BCUT2D eigenvalue weighted by Crippen LogP contribution is -2.42.